The molecule has 9 heteroatoms. The van der Waals surface area contributed by atoms with Crippen LogP contribution in [0.2, 0.25) is 0 Å². The van der Waals surface area contributed by atoms with Gasteiger partial charge in [0.1, 0.15) is 15.4 Å². The van der Waals surface area contributed by atoms with Crippen molar-refractivity contribution in [2.24, 2.45) is 10.9 Å². The lowest BCUT2D eigenvalue weighted by Crippen LogP contribution is -2.45. The Morgan fingerprint density at radius 2 is 2.04 bits per heavy atom. The van der Waals surface area contributed by atoms with Crippen LogP contribution in [0.15, 0.2) is 4.99 Å². The number of piperidine rings is 1. The normalized spacial score (nSPS) is 19.9. The Hall–Kier alpha value is -1.51. The van der Waals surface area contributed by atoms with Crippen LogP contribution in [0.5, 0.6) is 0 Å². The smallest absolute Gasteiger partial charge is 0.410 e. The number of rotatable bonds is 7. The summed E-state index contributed by atoms with van der Waals surface area (Å²) in [7, 11) is -1.26. The summed E-state index contributed by atoms with van der Waals surface area (Å²) in [5.41, 5.74) is -0.475. The van der Waals surface area contributed by atoms with Gasteiger partial charge in [-0.25, -0.2) is 13.2 Å². The second-order valence-electron chi connectivity index (χ2n) is 8.69. The number of nitrogens with zero attached hydrogens (tertiary/aromatic N) is 2. The Bertz CT molecular complexity index is 628. The molecule has 1 fully saturated rings. The first kappa shape index (κ1) is 24.5. The molecule has 2 unspecified atom stereocenters. The molecule has 0 radical (unpaired) electrons. The third kappa shape index (κ3) is 10.7. The van der Waals surface area contributed by atoms with Crippen molar-refractivity contribution in [3.63, 3.8) is 0 Å². The van der Waals surface area contributed by atoms with Crippen molar-refractivity contribution in [2.75, 3.05) is 38.7 Å². The molecule has 2 N–H and O–H groups in total. The van der Waals surface area contributed by atoms with Gasteiger partial charge in [0.2, 0.25) is 0 Å². The van der Waals surface area contributed by atoms with Crippen LogP contribution < -0.4 is 10.6 Å². The van der Waals surface area contributed by atoms with E-state index in [1.54, 1.807) is 11.9 Å². The summed E-state index contributed by atoms with van der Waals surface area (Å²) in [5.74, 6) is 1.25. The van der Waals surface area contributed by atoms with Gasteiger partial charge in [-0.3, -0.25) is 4.99 Å². The topological polar surface area (TPSA) is 100 Å². The molecule has 28 heavy (non-hydrogen) atoms. The summed E-state index contributed by atoms with van der Waals surface area (Å²) in [6.07, 6.45) is 4.56. The Balaban J connectivity index is 2.37. The van der Waals surface area contributed by atoms with Gasteiger partial charge in [0.05, 0.1) is 5.75 Å². The van der Waals surface area contributed by atoms with Crippen molar-refractivity contribution >= 4 is 21.9 Å². The van der Waals surface area contributed by atoms with Gasteiger partial charge >= 0.3 is 6.09 Å². The molecule has 0 bridgehead atoms. The fourth-order valence-electron chi connectivity index (χ4n) is 3.08. The van der Waals surface area contributed by atoms with Crippen molar-refractivity contribution in [3.8, 4) is 0 Å². The first-order valence-corrected chi connectivity index (χ1v) is 12.1. The maximum Gasteiger partial charge on any atom is 0.410 e. The summed E-state index contributed by atoms with van der Waals surface area (Å²) in [6.45, 7) is 9.79. The number of hydrogen-bond donors (Lipinski definition) is 2. The van der Waals surface area contributed by atoms with Crippen molar-refractivity contribution in [1.82, 2.24) is 15.5 Å². The second kappa shape index (κ2) is 10.9. The number of likely N-dealkylation sites (tertiary alicyclic amines) is 1. The average Bonchev–Trinajstić information content (AvgIpc) is 2.57. The van der Waals surface area contributed by atoms with Crippen LogP contribution in [-0.4, -0.2) is 75.7 Å². The quantitative estimate of drug-likeness (QED) is 0.485. The van der Waals surface area contributed by atoms with E-state index >= 15 is 0 Å². The minimum atomic E-state index is -2.96. The van der Waals surface area contributed by atoms with Crippen LogP contribution in [0.3, 0.4) is 0 Å². The molecule has 0 aromatic rings. The minimum absolute atomic E-state index is 0.0123. The van der Waals surface area contributed by atoms with Gasteiger partial charge in [0.25, 0.3) is 0 Å². The second-order valence-corrected chi connectivity index (χ2v) is 10.9. The van der Waals surface area contributed by atoms with Gasteiger partial charge in [-0.1, -0.05) is 0 Å². The summed E-state index contributed by atoms with van der Waals surface area (Å²) in [5, 5.41) is 6.50. The van der Waals surface area contributed by atoms with Crippen molar-refractivity contribution in [1.29, 1.82) is 0 Å². The van der Waals surface area contributed by atoms with Crippen LogP contribution in [0.4, 0.5) is 4.79 Å². The number of hydrogen-bond acceptors (Lipinski definition) is 5. The van der Waals surface area contributed by atoms with Crippen LogP contribution in [-0.2, 0) is 14.6 Å². The lowest BCUT2D eigenvalue weighted by atomic mass is 9.95. The fraction of sp³-hybridized carbons (Fsp3) is 0.895. The molecule has 1 aliphatic heterocycles. The van der Waals surface area contributed by atoms with Crippen LogP contribution in [0.25, 0.3) is 0 Å². The number of aliphatic imine (C=N–C) groups is 1. The molecule has 1 saturated heterocycles. The van der Waals surface area contributed by atoms with Crippen LogP contribution >= 0.6 is 0 Å². The van der Waals surface area contributed by atoms with Gasteiger partial charge in [-0.15, -0.1) is 0 Å². The zero-order valence-electron chi connectivity index (χ0n) is 18.2. The van der Waals surface area contributed by atoms with Gasteiger partial charge in [0.15, 0.2) is 5.96 Å². The summed E-state index contributed by atoms with van der Waals surface area (Å²) in [4.78, 5) is 18.3. The van der Waals surface area contributed by atoms with E-state index in [2.05, 4.69) is 15.6 Å². The molecule has 0 aromatic carbocycles. The zero-order valence-corrected chi connectivity index (χ0v) is 19.1. The van der Waals surface area contributed by atoms with Crippen molar-refractivity contribution in [3.05, 3.63) is 0 Å². The maximum atomic E-state index is 12.3. The van der Waals surface area contributed by atoms with E-state index in [-0.39, 0.29) is 17.9 Å². The number of carbonyl (C=O) groups excluding carboxylic acids is 1. The number of sulfone groups is 1. The largest absolute Gasteiger partial charge is 0.444 e. The number of ether oxygens (including phenoxy) is 1. The number of amides is 1. The minimum Gasteiger partial charge on any atom is -0.444 e. The molecule has 1 aliphatic rings. The van der Waals surface area contributed by atoms with Gasteiger partial charge in [-0.2, -0.15) is 0 Å². The Morgan fingerprint density at radius 1 is 1.36 bits per heavy atom. The SMILES string of the molecule is CN=C(NCCC1CCCN(C(=O)OC(C)(C)C)C1)NC(C)CCS(C)(=O)=O. The average molecular weight is 419 g/mol. The fourth-order valence-corrected chi connectivity index (χ4v) is 3.86. The van der Waals surface area contributed by atoms with E-state index < -0.39 is 15.4 Å². The first-order chi connectivity index (χ1) is 12.9. The van der Waals surface area contributed by atoms with Gasteiger partial charge in [-0.05, 0) is 59.3 Å². The third-order valence-corrected chi connectivity index (χ3v) is 5.52. The monoisotopic (exact) mass is 418 g/mol. The van der Waals surface area contributed by atoms with Crippen LogP contribution in [0, 0.1) is 5.92 Å². The molecule has 1 heterocycles. The molecule has 1 amide bonds. The summed E-state index contributed by atoms with van der Waals surface area (Å²) >= 11 is 0. The number of carbonyl (C=O) groups is 1. The Kier molecular flexibility index (Phi) is 9.53. The molecule has 0 spiro atoms. The van der Waals surface area contributed by atoms with E-state index in [0.717, 1.165) is 32.4 Å². The van der Waals surface area contributed by atoms with Crippen molar-refractivity contribution < 1.29 is 17.9 Å². The van der Waals surface area contributed by atoms with E-state index in [4.69, 9.17) is 4.74 Å². The third-order valence-electron chi connectivity index (χ3n) is 4.54. The number of nitrogens with one attached hydrogen (secondary N) is 2. The van der Waals surface area contributed by atoms with Crippen LogP contribution in [0.1, 0.15) is 53.4 Å². The number of guanidine groups is 1. The predicted molar refractivity (Wildman–Crippen MR) is 113 cm³/mol. The highest BCUT2D eigenvalue weighted by Crippen LogP contribution is 2.21. The van der Waals surface area contributed by atoms with E-state index in [0.29, 0.717) is 24.8 Å². The Labute approximate surface area is 170 Å². The molecule has 8 nitrogen and oxygen atoms in total. The highest BCUT2D eigenvalue weighted by Gasteiger charge is 2.27. The lowest BCUT2D eigenvalue weighted by molar-refractivity contribution is 0.0162. The zero-order chi connectivity index (χ0) is 21.4. The molecule has 0 saturated carbocycles. The molecule has 2 atom stereocenters. The molecule has 0 aliphatic carbocycles. The van der Waals surface area contributed by atoms with Gasteiger partial charge in [0, 0.05) is 39.0 Å². The standard InChI is InChI=1S/C19H38N4O4S/c1-15(10-13-28(6,25)26)22-17(20-5)21-11-9-16-8-7-12-23(14-16)18(24)27-19(2,3)4/h15-16H,7-14H2,1-6H3,(H2,20,21,22). The van der Waals surface area contributed by atoms with E-state index in [9.17, 15) is 13.2 Å². The molecular weight excluding hydrogens is 380 g/mol. The van der Waals surface area contributed by atoms with E-state index in [1.807, 2.05) is 27.7 Å². The van der Waals surface area contributed by atoms with Gasteiger partial charge < -0.3 is 20.3 Å². The first-order valence-electron chi connectivity index (χ1n) is 10.0. The van der Waals surface area contributed by atoms with E-state index in [1.165, 1.54) is 6.26 Å². The lowest BCUT2D eigenvalue weighted by Gasteiger charge is -2.34. The molecule has 1 rings (SSSR count). The van der Waals surface area contributed by atoms with Crippen molar-refractivity contribution in [2.45, 2.75) is 65.0 Å². The maximum absolute atomic E-state index is 12.3. The highest BCUT2D eigenvalue weighted by atomic mass is 32.2. The summed E-state index contributed by atoms with van der Waals surface area (Å²) < 4.78 is 28.0. The molecular formula is C19H38N4O4S. The highest BCUT2D eigenvalue weighted by molar-refractivity contribution is 7.90. The summed E-state index contributed by atoms with van der Waals surface area (Å²) in [6, 6.07) is 0.0123. The predicted octanol–water partition coefficient (Wildman–Crippen LogP) is 2.01. The molecule has 164 valence electrons. The molecule has 0 aromatic heterocycles. The Morgan fingerprint density at radius 3 is 2.61 bits per heavy atom.